The lowest BCUT2D eigenvalue weighted by molar-refractivity contribution is 0.566. The van der Waals surface area contributed by atoms with Crippen LogP contribution in [0.25, 0.3) is 0 Å². The first-order chi connectivity index (χ1) is 9.40. The molecule has 0 amide bonds. The smallest absolute Gasteiger partial charge is 0.207 e. The molecule has 0 aliphatic carbocycles. The molecule has 1 N–H and O–H groups in total. The van der Waals surface area contributed by atoms with E-state index in [0.717, 1.165) is 0 Å². The lowest BCUT2D eigenvalue weighted by Gasteiger charge is -2.15. The zero-order chi connectivity index (χ0) is 14.8. The van der Waals surface area contributed by atoms with E-state index in [9.17, 15) is 12.8 Å². The summed E-state index contributed by atoms with van der Waals surface area (Å²) in [6, 6.07) is 12.1. The summed E-state index contributed by atoms with van der Waals surface area (Å²) in [7, 11) is -3.59. The normalized spacial score (nSPS) is 13.2. The Bertz CT molecular complexity index is 696. The highest BCUT2D eigenvalue weighted by Gasteiger charge is 2.19. The number of sulfonamides is 1. The van der Waals surface area contributed by atoms with E-state index in [2.05, 4.69) is 4.72 Å². The third-order valence-corrected chi connectivity index (χ3v) is 4.79. The zero-order valence-electron chi connectivity index (χ0n) is 11.3. The zero-order valence-corrected chi connectivity index (χ0v) is 12.1. The fourth-order valence-corrected chi connectivity index (χ4v) is 3.45. The van der Waals surface area contributed by atoms with Gasteiger partial charge in [-0.2, -0.15) is 0 Å². The summed E-state index contributed by atoms with van der Waals surface area (Å²) in [5.41, 5.74) is 1.40. The van der Waals surface area contributed by atoms with Crippen LogP contribution in [0.1, 0.15) is 24.1 Å². The van der Waals surface area contributed by atoms with Gasteiger partial charge in [0, 0.05) is 6.04 Å². The van der Waals surface area contributed by atoms with E-state index in [-0.39, 0.29) is 10.7 Å². The van der Waals surface area contributed by atoms with Gasteiger partial charge >= 0.3 is 0 Å². The summed E-state index contributed by atoms with van der Waals surface area (Å²) in [6.45, 7) is 3.47. The van der Waals surface area contributed by atoms with Gasteiger partial charge in [-0.3, -0.25) is 0 Å². The maximum atomic E-state index is 12.9. The highest BCUT2D eigenvalue weighted by Crippen LogP contribution is 2.19. The molecular formula is C15H16FNO2S. The van der Waals surface area contributed by atoms with Crippen LogP contribution in [0, 0.1) is 12.7 Å². The minimum absolute atomic E-state index is 0.258. The number of aryl methyl sites for hydroxylation is 1. The van der Waals surface area contributed by atoms with Crippen LogP contribution in [0.2, 0.25) is 0 Å². The summed E-state index contributed by atoms with van der Waals surface area (Å²) < 4.78 is 40.1. The monoisotopic (exact) mass is 293 g/mol. The molecule has 0 saturated heterocycles. The summed E-state index contributed by atoms with van der Waals surface area (Å²) >= 11 is 0. The van der Waals surface area contributed by atoms with Gasteiger partial charge in [0.1, 0.15) is 5.82 Å². The Morgan fingerprint density at radius 1 is 1.05 bits per heavy atom. The van der Waals surface area contributed by atoms with Crippen molar-refractivity contribution < 1.29 is 12.8 Å². The Hall–Kier alpha value is -1.72. The molecule has 20 heavy (non-hydrogen) atoms. The van der Waals surface area contributed by atoms with Gasteiger partial charge < -0.3 is 0 Å². The molecule has 0 fully saturated rings. The van der Waals surface area contributed by atoms with E-state index in [1.807, 2.05) is 0 Å². The van der Waals surface area contributed by atoms with Gasteiger partial charge in [0.2, 0.25) is 10.0 Å². The van der Waals surface area contributed by atoms with Crippen molar-refractivity contribution in [1.29, 1.82) is 0 Å². The third-order valence-electron chi connectivity index (χ3n) is 3.09. The minimum atomic E-state index is -3.59. The fourth-order valence-electron chi connectivity index (χ4n) is 1.97. The summed E-state index contributed by atoms with van der Waals surface area (Å²) in [4.78, 5) is 0.258. The Kier molecular flexibility index (Phi) is 4.20. The number of rotatable bonds is 4. The lowest BCUT2D eigenvalue weighted by atomic mass is 10.1. The topological polar surface area (TPSA) is 46.2 Å². The largest absolute Gasteiger partial charge is 0.241 e. The summed E-state index contributed by atoms with van der Waals surface area (Å²) in [6.07, 6.45) is 0. The first-order valence-electron chi connectivity index (χ1n) is 6.23. The minimum Gasteiger partial charge on any atom is -0.207 e. The summed E-state index contributed by atoms with van der Waals surface area (Å²) in [5.74, 6) is -0.345. The Balaban J connectivity index is 2.24. The van der Waals surface area contributed by atoms with Gasteiger partial charge in [0.05, 0.1) is 4.90 Å². The maximum Gasteiger partial charge on any atom is 0.241 e. The second-order valence-electron chi connectivity index (χ2n) is 4.66. The quantitative estimate of drug-likeness (QED) is 0.941. The third kappa shape index (κ3) is 3.23. The molecule has 0 saturated carbocycles. The molecule has 0 aliphatic rings. The van der Waals surface area contributed by atoms with E-state index in [4.69, 9.17) is 0 Å². The molecule has 3 nitrogen and oxygen atoms in total. The van der Waals surface area contributed by atoms with E-state index < -0.39 is 16.1 Å². The maximum absolute atomic E-state index is 12.9. The van der Waals surface area contributed by atoms with Crippen molar-refractivity contribution in [1.82, 2.24) is 4.72 Å². The second-order valence-corrected chi connectivity index (χ2v) is 6.34. The number of hydrogen-bond acceptors (Lipinski definition) is 2. The highest BCUT2D eigenvalue weighted by atomic mass is 32.2. The van der Waals surface area contributed by atoms with Crippen molar-refractivity contribution in [3.05, 3.63) is 65.5 Å². The average Bonchev–Trinajstić information content (AvgIpc) is 2.39. The molecular weight excluding hydrogens is 277 g/mol. The van der Waals surface area contributed by atoms with E-state index in [1.54, 1.807) is 50.2 Å². The van der Waals surface area contributed by atoms with Gasteiger partial charge in [-0.15, -0.1) is 0 Å². The fraction of sp³-hybridized carbons (Fsp3) is 0.200. The molecule has 1 atom stereocenters. The van der Waals surface area contributed by atoms with Crippen LogP contribution in [-0.2, 0) is 10.0 Å². The van der Waals surface area contributed by atoms with Crippen molar-refractivity contribution in [2.75, 3.05) is 0 Å². The number of nitrogens with one attached hydrogen (secondary N) is 1. The Morgan fingerprint density at radius 3 is 2.25 bits per heavy atom. The molecule has 0 heterocycles. The van der Waals surface area contributed by atoms with Crippen LogP contribution in [0.5, 0.6) is 0 Å². The van der Waals surface area contributed by atoms with Crippen molar-refractivity contribution in [3.63, 3.8) is 0 Å². The molecule has 0 bridgehead atoms. The number of hydrogen-bond donors (Lipinski definition) is 1. The van der Waals surface area contributed by atoms with Gasteiger partial charge in [-0.25, -0.2) is 17.5 Å². The Morgan fingerprint density at radius 2 is 1.65 bits per heavy atom. The predicted octanol–water partition coefficient (Wildman–Crippen LogP) is 3.17. The van der Waals surface area contributed by atoms with Gasteiger partial charge in [-0.1, -0.05) is 30.3 Å². The van der Waals surface area contributed by atoms with Gasteiger partial charge in [0.15, 0.2) is 0 Å². The number of benzene rings is 2. The lowest BCUT2D eigenvalue weighted by Crippen LogP contribution is -2.27. The molecule has 0 unspecified atom stereocenters. The first kappa shape index (κ1) is 14.7. The van der Waals surface area contributed by atoms with Crippen LogP contribution in [-0.4, -0.2) is 8.42 Å². The van der Waals surface area contributed by atoms with Crippen molar-refractivity contribution >= 4 is 10.0 Å². The molecule has 2 rings (SSSR count). The van der Waals surface area contributed by atoms with E-state index >= 15 is 0 Å². The van der Waals surface area contributed by atoms with Crippen LogP contribution in [0.15, 0.2) is 53.4 Å². The van der Waals surface area contributed by atoms with Gasteiger partial charge in [0.25, 0.3) is 0 Å². The van der Waals surface area contributed by atoms with Crippen LogP contribution in [0.4, 0.5) is 4.39 Å². The van der Waals surface area contributed by atoms with Crippen molar-refractivity contribution in [2.45, 2.75) is 24.8 Å². The van der Waals surface area contributed by atoms with Crippen LogP contribution in [0.3, 0.4) is 0 Å². The molecule has 0 aromatic heterocycles. The molecule has 2 aromatic carbocycles. The molecule has 0 radical (unpaired) electrons. The molecule has 5 heteroatoms. The van der Waals surface area contributed by atoms with Gasteiger partial charge in [-0.05, 0) is 43.2 Å². The average molecular weight is 293 g/mol. The standard InChI is InChI=1S/C15H16FNO2S/c1-11-5-3-4-6-15(11)20(18,19)17-12(2)13-7-9-14(16)10-8-13/h3-10,12,17H,1-2H3/t12-/m0/s1. The predicted molar refractivity (Wildman–Crippen MR) is 76.3 cm³/mol. The van der Waals surface area contributed by atoms with E-state index in [1.165, 1.54) is 12.1 Å². The molecule has 0 spiro atoms. The summed E-state index contributed by atoms with van der Waals surface area (Å²) in [5, 5.41) is 0. The second kappa shape index (κ2) is 5.73. The molecule has 0 aliphatic heterocycles. The number of halogens is 1. The molecule has 2 aromatic rings. The van der Waals surface area contributed by atoms with E-state index in [0.29, 0.717) is 11.1 Å². The van der Waals surface area contributed by atoms with Crippen molar-refractivity contribution in [2.24, 2.45) is 0 Å². The van der Waals surface area contributed by atoms with Crippen molar-refractivity contribution in [3.8, 4) is 0 Å². The first-order valence-corrected chi connectivity index (χ1v) is 7.72. The SMILES string of the molecule is Cc1ccccc1S(=O)(=O)N[C@@H](C)c1ccc(F)cc1. The Labute approximate surface area is 118 Å². The molecule has 106 valence electrons. The highest BCUT2D eigenvalue weighted by molar-refractivity contribution is 7.89. The van der Waals surface area contributed by atoms with Crippen LogP contribution < -0.4 is 4.72 Å². The van der Waals surface area contributed by atoms with Crippen LogP contribution >= 0.6 is 0 Å².